The zero-order valence-corrected chi connectivity index (χ0v) is 38.5. The minimum absolute atomic E-state index is 0. The van der Waals surface area contributed by atoms with Gasteiger partial charge in [0.1, 0.15) is 0 Å². The van der Waals surface area contributed by atoms with E-state index in [2.05, 4.69) is 162 Å². The first-order valence-corrected chi connectivity index (χ1v) is 27.1. The fraction of sp³-hybridized carbons (Fsp3) is 0.135. The van der Waals surface area contributed by atoms with Crippen molar-refractivity contribution in [3.05, 3.63) is 176 Å². The standard InChI is InChI=1S/C38H28N3O.C14H16GeN.Ir/c1-38(2,3)26-19-21-32(31(23-26)24-11-5-4-6-12-24)41-33-20-18-25-13-7-8-14-27(25)34(33)40-36(41)30-16-9-15-28-29-17-10-22-39-37(29)42-35(28)30;1-15(2,3)13-9-10-14(16-11-13)12-7-5-4-6-8-12;/h4-15,17-23H,1-3H3;4-7,9-11H,1-3H3;/q2*-1;. The summed E-state index contributed by atoms with van der Waals surface area (Å²) in [6.07, 6.45) is 3.80. The molecule has 10 rings (SSSR count). The molecule has 0 unspecified atom stereocenters. The zero-order chi connectivity index (χ0) is 40.0. The van der Waals surface area contributed by atoms with Crippen LogP contribution in [0.25, 0.3) is 83.3 Å². The van der Waals surface area contributed by atoms with Gasteiger partial charge in [-0.1, -0.05) is 98.5 Å². The first-order chi connectivity index (χ1) is 28.0. The van der Waals surface area contributed by atoms with E-state index in [1.165, 1.54) is 9.96 Å². The van der Waals surface area contributed by atoms with Gasteiger partial charge in [0.25, 0.3) is 0 Å². The summed E-state index contributed by atoms with van der Waals surface area (Å²) in [5, 5.41) is 4.25. The van der Waals surface area contributed by atoms with Crippen LogP contribution in [0.1, 0.15) is 26.3 Å². The van der Waals surface area contributed by atoms with Gasteiger partial charge in [0.2, 0.25) is 5.71 Å². The third-order valence-electron chi connectivity index (χ3n) is 10.8. The van der Waals surface area contributed by atoms with Gasteiger partial charge in [-0.25, -0.2) is 4.98 Å². The summed E-state index contributed by atoms with van der Waals surface area (Å²) in [7, 11) is 0. The van der Waals surface area contributed by atoms with Crippen molar-refractivity contribution in [2.45, 2.75) is 43.5 Å². The van der Waals surface area contributed by atoms with Crippen LogP contribution in [0.15, 0.2) is 162 Å². The molecule has 0 saturated heterocycles. The Labute approximate surface area is 361 Å². The molecule has 0 fully saturated rings. The Balaban J connectivity index is 0.000000240. The molecule has 10 aromatic rings. The minimum atomic E-state index is -1.72. The summed E-state index contributed by atoms with van der Waals surface area (Å²) < 4.78 is 10.1. The molecule has 0 saturated carbocycles. The van der Waals surface area contributed by atoms with Gasteiger partial charge in [0, 0.05) is 48.3 Å². The van der Waals surface area contributed by atoms with Gasteiger partial charge >= 0.3 is 99.8 Å². The topological polar surface area (TPSA) is 56.7 Å². The maximum absolute atomic E-state index is 6.40. The number of benzene rings is 6. The summed E-state index contributed by atoms with van der Waals surface area (Å²) >= 11 is -1.72. The molecule has 5 nitrogen and oxygen atoms in total. The summed E-state index contributed by atoms with van der Waals surface area (Å²) in [6.45, 7) is 6.77. The number of pyridine rings is 2. The number of rotatable bonds is 5. The molecular formula is C52H44GeIrN4O-2. The maximum Gasteiger partial charge on any atom is 0 e. The molecule has 1 radical (unpaired) electrons. The van der Waals surface area contributed by atoms with E-state index in [1.54, 1.807) is 6.20 Å². The van der Waals surface area contributed by atoms with Crippen molar-refractivity contribution in [3.63, 3.8) is 0 Å². The normalized spacial score (nSPS) is 11.8. The van der Waals surface area contributed by atoms with E-state index in [0.29, 0.717) is 5.71 Å². The Hall–Kier alpha value is -5.66. The number of hydrogen-bond donors (Lipinski definition) is 0. The number of nitrogens with zero attached hydrogens (tertiary/aromatic N) is 4. The monoisotopic (exact) mass is 1010 g/mol. The number of aromatic nitrogens is 4. The Morgan fingerprint density at radius 3 is 2.20 bits per heavy atom. The molecule has 0 amide bonds. The van der Waals surface area contributed by atoms with E-state index in [4.69, 9.17) is 9.40 Å². The van der Waals surface area contributed by atoms with E-state index in [1.807, 2.05) is 54.7 Å². The number of imidazole rings is 1. The molecule has 0 atom stereocenters. The Morgan fingerprint density at radius 1 is 0.678 bits per heavy atom. The van der Waals surface area contributed by atoms with Crippen molar-refractivity contribution in [1.29, 1.82) is 0 Å². The number of fused-ring (bicyclic) bond motifs is 6. The second kappa shape index (κ2) is 16.2. The molecule has 59 heavy (non-hydrogen) atoms. The molecule has 0 N–H and O–H groups in total. The van der Waals surface area contributed by atoms with Crippen molar-refractivity contribution in [1.82, 2.24) is 19.5 Å². The van der Waals surface area contributed by atoms with Crippen LogP contribution in [-0.4, -0.2) is 32.8 Å². The van der Waals surface area contributed by atoms with Gasteiger partial charge in [0.05, 0.1) is 22.4 Å². The predicted octanol–water partition coefficient (Wildman–Crippen LogP) is 13.0. The molecule has 4 heterocycles. The van der Waals surface area contributed by atoms with Crippen LogP contribution < -0.4 is 4.40 Å². The molecule has 293 valence electrons. The van der Waals surface area contributed by atoms with Crippen molar-refractivity contribution in [2.24, 2.45) is 0 Å². The average Bonchev–Trinajstić information content (AvgIpc) is 3.83. The Kier molecular flexibility index (Phi) is 11.0. The van der Waals surface area contributed by atoms with Gasteiger partial charge in [0.15, 0.2) is 0 Å². The van der Waals surface area contributed by atoms with Gasteiger partial charge in [-0.2, -0.15) is 0 Å². The summed E-state index contributed by atoms with van der Waals surface area (Å²) in [5.41, 5.74) is 10.8. The van der Waals surface area contributed by atoms with Crippen molar-refractivity contribution >= 4 is 61.5 Å². The third-order valence-corrected chi connectivity index (χ3v) is 15.0. The van der Waals surface area contributed by atoms with Gasteiger partial charge in [-0.15, -0.1) is 18.2 Å². The Morgan fingerprint density at radius 2 is 1.46 bits per heavy atom. The van der Waals surface area contributed by atoms with Gasteiger partial charge < -0.3 is 8.98 Å². The second-order valence-corrected chi connectivity index (χ2v) is 27.4. The molecule has 6 aromatic carbocycles. The predicted molar refractivity (Wildman–Crippen MR) is 244 cm³/mol. The average molecular weight is 1010 g/mol. The van der Waals surface area contributed by atoms with Gasteiger partial charge in [-0.05, 0) is 52.3 Å². The molecule has 0 bridgehead atoms. The van der Waals surface area contributed by atoms with Gasteiger partial charge in [-0.3, -0.25) is 4.98 Å². The summed E-state index contributed by atoms with van der Waals surface area (Å²) in [4.78, 5) is 14.4. The molecule has 7 heteroatoms. The zero-order valence-electron chi connectivity index (χ0n) is 34.0. The molecule has 0 spiro atoms. The fourth-order valence-corrected chi connectivity index (χ4v) is 9.73. The minimum Gasteiger partial charge on any atom is 0 e. The summed E-state index contributed by atoms with van der Waals surface area (Å²) in [5.74, 6) is 7.92. The molecule has 0 aliphatic rings. The first-order valence-electron chi connectivity index (χ1n) is 19.8. The molecule has 4 aromatic heterocycles. The van der Waals surface area contributed by atoms with Crippen LogP contribution in [0.4, 0.5) is 0 Å². The van der Waals surface area contributed by atoms with Crippen LogP contribution in [0.5, 0.6) is 0 Å². The molecular weight excluding hydrogens is 961 g/mol. The summed E-state index contributed by atoms with van der Waals surface area (Å²) in [6, 6.07) is 57.2. The number of furan rings is 1. The van der Waals surface area contributed by atoms with E-state index in [9.17, 15) is 0 Å². The van der Waals surface area contributed by atoms with Crippen molar-refractivity contribution < 1.29 is 24.5 Å². The van der Waals surface area contributed by atoms with E-state index in [-0.39, 0.29) is 25.5 Å². The SMILES string of the molecule is CC(C)(C)c1ccc(-n2c(-c3[c-]ccc4c3oc3ncccc34)nc3c4ccccc4ccc32)c(-c2ccccc2)c1.[CH3][Ge]([CH3])([CH3])[c]1ccc(-c2[c-]cccc2)nc1.[Ir]. The second-order valence-electron chi connectivity index (χ2n) is 16.8. The van der Waals surface area contributed by atoms with E-state index in [0.717, 1.165) is 77.6 Å². The van der Waals surface area contributed by atoms with E-state index >= 15 is 0 Å². The van der Waals surface area contributed by atoms with Crippen LogP contribution in [-0.2, 0) is 25.5 Å². The first kappa shape index (κ1) is 40.1. The van der Waals surface area contributed by atoms with Crippen LogP contribution in [0, 0.1) is 12.1 Å². The molecule has 0 aliphatic heterocycles. The van der Waals surface area contributed by atoms with Crippen molar-refractivity contribution in [2.75, 3.05) is 0 Å². The third kappa shape index (κ3) is 7.81. The smallest absolute Gasteiger partial charge is 0 e. The quantitative estimate of drug-likeness (QED) is 0.127. The maximum atomic E-state index is 6.40. The van der Waals surface area contributed by atoms with E-state index < -0.39 is 13.3 Å². The largest absolute Gasteiger partial charge is 0 e. The van der Waals surface area contributed by atoms with Crippen LogP contribution >= 0.6 is 0 Å². The van der Waals surface area contributed by atoms with Crippen LogP contribution in [0.2, 0.25) is 17.3 Å². The molecule has 0 aliphatic carbocycles. The number of hydrogen-bond acceptors (Lipinski definition) is 4. The fourth-order valence-electron chi connectivity index (χ4n) is 7.56. The Bertz CT molecular complexity index is 3070. The van der Waals surface area contributed by atoms with Crippen LogP contribution in [0.3, 0.4) is 0 Å². The van der Waals surface area contributed by atoms with Crippen molar-refractivity contribution in [3.8, 4) is 39.5 Å².